The predicted octanol–water partition coefficient (Wildman–Crippen LogP) is 16.8. The summed E-state index contributed by atoms with van der Waals surface area (Å²) in [6, 6.07) is 0. The number of phosphoric acid groups is 1. The molecule has 2 atom stereocenters. The Morgan fingerprint density at radius 1 is 0.443 bits per heavy atom. The number of likely N-dealkylation sites (N-methyl/N-ethyl adjacent to an activating group) is 1. The third kappa shape index (κ3) is 53.8. The van der Waals surface area contributed by atoms with Crippen LogP contribution in [-0.4, -0.2) is 74.9 Å². The van der Waals surface area contributed by atoms with E-state index in [1.807, 2.05) is 33.3 Å². The van der Waals surface area contributed by atoms with Crippen LogP contribution >= 0.6 is 7.82 Å². The Morgan fingerprint density at radius 3 is 1.20 bits per heavy atom. The van der Waals surface area contributed by atoms with Crippen LogP contribution < -0.4 is 0 Å². The first-order valence-electron chi connectivity index (χ1n) is 27.3. The molecular formula is C60H101NO8P+. The summed E-state index contributed by atoms with van der Waals surface area (Å²) in [6.45, 7) is 4.10. The van der Waals surface area contributed by atoms with Crippen LogP contribution in [0.2, 0.25) is 0 Å². The first-order valence-corrected chi connectivity index (χ1v) is 28.8. The molecule has 0 amide bonds. The van der Waals surface area contributed by atoms with Crippen LogP contribution in [-0.2, 0) is 32.7 Å². The zero-order valence-corrected chi connectivity index (χ0v) is 45.8. The predicted molar refractivity (Wildman–Crippen MR) is 297 cm³/mol. The van der Waals surface area contributed by atoms with Crippen LogP contribution in [0, 0.1) is 0 Å². The van der Waals surface area contributed by atoms with Crippen LogP contribution in [0.5, 0.6) is 0 Å². The number of allylic oxidation sites excluding steroid dienone is 20. The maximum atomic E-state index is 12.7. The van der Waals surface area contributed by atoms with Crippen LogP contribution in [0.4, 0.5) is 0 Å². The third-order valence-electron chi connectivity index (χ3n) is 11.0. The van der Waals surface area contributed by atoms with Crippen molar-refractivity contribution in [1.29, 1.82) is 0 Å². The summed E-state index contributed by atoms with van der Waals surface area (Å²) >= 11 is 0. The lowest BCUT2D eigenvalue weighted by Crippen LogP contribution is -2.37. The van der Waals surface area contributed by atoms with Crippen LogP contribution in [0.1, 0.15) is 194 Å². The molecule has 0 aromatic rings. The molecule has 0 saturated carbocycles. The summed E-state index contributed by atoms with van der Waals surface area (Å²) in [4.78, 5) is 35.6. The zero-order chi connectivity index (χ0) is 51.3. The van der Waals surface area contributed by atoms with Gasteiger partial charge in [-0.25, -0.2) is 4.57 Å². The summed E-state index contributed by atoms with van der Waals surface area (Å²) in [5.41, 5.74) is 0. The lowest BCUT2D eigenvalue weighted by atomic mass is 10.0. The van der Waals surface area contributed by atoms with Crippen molar-refractivity contribution in [3.8, 4) is 0 Å². The molecule has 2 unspecified atom stereocenters. The van der Waals surface area contributed by atoms with Gasteiger partial charge in [-0.1, -0.05) is 212 Å². The monoisotopic (exact) mass is 995 g/mol. The van der Waals surface area contributed by atoms with E-state index in [1.165, 1.54) is 77.0 Å². The zero-order valence-electron chi connectivity index (χ0n) is 45.0. The molecule has 0 rings (SSSR count). The SMILES string of the molecule is CC/C=C\C/C=C\C/C=C\C/C=C\C/C=C\C/C=C\CCC(=O)OC(COC(=O)CCCCCCCCCCCCCCCC/C=C\C/C=C\C/C=C\C/C=C\CC)COP(=O)(O)OCC[N+](C)(C)C. The Bertz CT molecular complexity index is 1590. The van der Waals surface area contributed by atoms with Gasteiger partial charge < -0.3 is 18.9 Å². The lowest BCUT2D eigenvalue weighted by Gasteiger charge is -2.24. The largest absolute Gasteiger partial charge is 0.472 e. The standard InChI is InChI=1S/C60H100NO8P/c1-6-8-10-12-14-16-18-20-22-24-26-27-28-29-30-31-32-33-35-36-38-40-42-44-46-48-50-52-59(62)66-56-58(57-68-70(64,65)67-55-54-61(3,4)5)69-60(63)53-51-49-47-45-43-41-39-37-34-25-23-21-19-17-15-13-11-9-7-2/h8-11,14-17,20-23,26-27,34,37,41,43,47,49,58H,6-7,12-13,18-19,24-25,28-33,35-36,38-40,42,44-46,48,50-57H2,1-5H3/p+1/b10-8-,11-9-,16-14-,17-15-,22-20-,23-21-,27-26-,37-34-,43-41-,49-47-. The Morgan fingerprint density at radius 2 is 0.800 bits per heavy atom. The highest BCUT2D eigenvalue weighted by atomic mass is 31.2. The molecule has 1 N–H and O–H groups in total. The summed E-state index contributed by atoms with van der Waals surface area (Å²) in [5.74, 6) is -0.904. The Balaban J connectivity index is 4.27. The highest BCUT2D eigenvalue weighted by molar-refractivity contribution is 7.47. The molecule has 70 heavy (non-hydrogen) atoms. The van der Waals surface area contributed by atoms with E-state index >= 15 is 0 Å². The van der Waals surface area contributed by atoms with Crippen molar-refractivity contribution in [3.05, 3.63) is 122 Å². The molecule has 10 heteroatoms. The highest BCUT2D eigenvalue weighted by Crippen LogP contribution is 2.43. The van der Waals surface area contributed by atoms with Gasteiger partial charge in [-0.15, -0.1) is 0 Å². The highest BCUT2D eigenvalue weighted by Gasteiger charge is 2.27. The minimum Gasteiger partial charge on any atom is -0.462 e. The number of carbonyl (C=O) groups is 2. The number of carbonyl (C=O) groups excluding carboxylic acids is 2. The van der Waals surface area contributed by atoms with Gasteiger partial charge >= 0.3 is 19.8 Å². The Hall–Kier alpha value is -3.59. The van der Waals surface area contributed by atoms with Gasteiger partial charge in [0, 0.05) is 12.8 Å². The van der Waals surface area contributed by atoms with E-state index in [1.54, 1.807) is 0 Å². The lowest BCUT2D eigenvalue weighted by molar-refractivity contribution is -0.870. The fraction of sp³-hybridized carbons (Fsp3) is 0.633. The first kappa shape index (κ1) is 66.4. The van der Waals surface area contributed by atoms with E-state index in [0.29, 0.717) is 17.4 Å². The molecule has 0 aliphatic rings. The van der Waals surface area contributed by atoms with Crippen molar-refractivity contribution < 1.29 is 42.1 Å². The first-order chi connectivity index (χ1) is 34.0. The van der Waals surface area contributed by atoms with Crippen molar-refractivity contribution in [2.24, 2.45) is 0 Å². The summed E-state index contributed by atoms with van der Waals surface area (Å²) in [6.07, 6.45) is 71.4. The molecule has 0 spiro atoms. The van der Waals surface area contributed by atoms with Gasteiger partial charge in [0.05, 0.1) is 27.7 Å². The van der Waals surface area contributed by atoms with Gasteiger partial charge in [-0.2, -0.15) is 0 Å². The number of ether oxygens (including phenoxy) is 2. The third-order valence-corrected chi connectivity index (χ3v) is 12.0. The van der Waals surface area contributed by atoms with E-state index in [4.69, 9.17) is 18.5 Å². The molecule has 0 aliphatic carbocycles. The molecule has 9 nitrogen and oxygen atoms in total. The normalized spacial score (nSPS) is 14.3. The van der Waals surface area contributed by atoms with Crippen molar-refractivity contribution in [3.63, 3.8) is 0 Å². The number of phosphoric ester groups is 1. The van der Waals surface area contributed by atoms with Crippen LogP contribution in [0.25, 0.3) is 0 Å². The van der Waals surface area contributed by atoms with E-state index in [9.17, 15) is 19.0 Å². The number of esters is 2. The van der Waals surface area contributed by atoms with E-state index in [-0.39, 0.29) is 26.1 Å². The molecular weight excluding hydrogens is 894 g/mol. The quantitative estimate of drug-likeness (QED) is 0.0211. The van der Waals surface area contributed by atoms with E-state index in [0.717, 1.165) is 83.5 Å². The summed E-state index contributed by atoms with van der Waals surface area (Å²) in [5, 5.41) is 0. The molecule has 0 fully saturated rings. The second kappa shape index (κ2) is 50.4. The number of hydrogen-bond donors (Lipinski definition) is 1. The van der Waals surface area contributed by atoms with Crippen LogP contribution in [0.15, 0.2) is 122 Å². The molecule has 0 aromatic heterocycles. The van der Waals surface area contributed by atoms with Gasteiger partial charge in [-0.05, 0) is 89.9 Å². The summed E-state index contributed by atoms with van der Waals surface area (Å²) < 4.78 is 34.4. The maximum absolute atomic E-state index is 12.7. The number of rotatable bonds is 48. The average Bonchev–Trinajstić information content (AvgIpc) is 3.32. The second-order valence-electron chi connectivity index (χ2n) is 18.8. The fourth-order valence-corrected chi connectivity index (χ4v) is 7.60. The molecule has 0 aliphatic heterocycles. The van der Waals surface area contributed by atoms with Crippen molar-refractivity contribution >= 4 is 19.8 Å². The van der Waals surface area contributed by atoms with Crippen LogP contribution in [0.3, 0.4) is 0 Å². The maximum Gasteiger partial charge on any atom is 0.472 e. The summed E-state index contributed by atoms with van der Waals surface area (Å²) in [7, 11) is 1.41. The molecule has 0 aromatic carbocycles. The number of hydrogen-bond acceptors (Lipinski definition) is 7. The second-order valence-corrected chi connectivity index (χ2v) is 20.3. The van der Waals surface area contributed by atoms with Gasteiger partial charge in [0.1, 0.15) is 19.8 Å². The Kier molecular flexibility index (Phi) is 47.8. The van der Waals surface area contributed by atoms with Crippen molar-refractivity contribution in [2.75, 3.05) is 47.5 Å². The minimum atomic E-state index is -4.41. The van der Waals surface area contributed by atoms with Crippen molar-refractivity contribution in [1.82, 2.24) is 0 Å². The fourth-order valence-electron chi connectivity index (χ4n) is 6.85. The number of unbranched alkanes of at least 4 members (excludes halogenated alkanes) is 14. The number of nitrogens with zero attached hydrogens (tertiary/aromatic N) is 1. The Labute approximate surface area is 428 Å². The van der Waals surface area contributed by atoms with Gasteiger partial charge in [-0.3, -0.25) is 18.6 Å². The smallest absolute Gasteiger partial charge is 0.462 e. The molecule has 398 valence electrons. The molecule has 0 heterocycles. The molecule has 0 saturated heterocycles. The van der Waals surface area contributed by atoms with Crippen molar-refractivity contribution in [2.45, 2.75) is 200 Å². The van der Waals surface area contributed by atoms with Gasteiger partial charge in [0.2, 0.25) is 0 Å². The molecule has 0 bridgehead atoms. The minimum absolute atomic E-state index is 0.0119. The molecule has 0 radical (unpaired) electrons. The average molecular weight is 995 g/mol. The van der Waals surface area contributed by atoms with E-state index in [2.05, 4.69) is 123 Å². The van der Waals surface area contributed by atoms with E-state index < -0.39 is 32.5 Å². The number of quaternary nitrogens is 1. The van der Waals surface area contributed by atoms with Gasteiger partial charge in [0.15, 0.2) is 6.10 Å². The van der Waals surface area contributed by atoms with Gasteiger partial charge in [0.25, 0.3) is 0 Å². The topological polar surface area (TPSA) is 108 Å².